The van der Waals surface area contributed by atoms with Gasteiger partial charge in [-0.05, 0) is 43.4 Å². The van der Waals surface area contributed by atoms with E-state index >= 15 is 0 Å². The Balaban J connectivity index is 1.47. The Morgan fingerprint density at radius 3 is 2.84 bits per heavy atom. The van der Waals surface area contributed by atoms with Crippen molar-refractivity contribution in [2.75, 3.05) is 20.2 Å². The molecule has 6 heteroatoms. The summed E-state index contributed by atoms with van der Waals surface area (Å²) in [5.74, 6) is 2.60. The van der Waals surface area contributed by atoms with Gasteiger partial charge in [0.15, 0.2) is 0 Å². The van der Waals surface area contributed by atoms with Gasteiger partial charge in [0.05, 0.1) is 7.11 Å². The van der Waals surface area contributed by atoms with Crippen molar-refractivity contribution >= 4 is 5.91 Å². The lowest BCUT2D eigenvalue weighted by Crippen LogP contribution is -2.29. The van der Waals surface area contributed by atoms with Crippen molar-refractivity contribution in [2.24, 2.45) is 5.92 Å². The van der Waals surface area contributed by atoms with Crippen LogP contribution in [0.15, 0.2) is 30.6 Å². The summed E-state index contributed by atoms with van der Waals surface area (Å²) in [6, 6.07) is 7.93. The summed E-state index contributed by atoms with van der Waals surface area (Å²) in [5, 5.41) is 8.20. The molecule has 0 spiro atoms. The predicted octanol–water partition coefficient (Wildman–Crippen LogP) is 2.33. The number of likely N-dealkylation sites (tertiary alicyclic amines) is 1. The van der Waals surface area contributed by atoms with E-state index in [4.69, 9.17) is 4.74 Å². The average Bonchev–Trinajstić information content (AvgIpc) is 3.29. The van der Waals surface area contributed by atoms with E-state index < -0.39 is 0 Å². The van der Waals surface area contributed by atoms with Gasteiger partial charge in [0.2, 0.25) is 5.91 Å². The predicted molar refractivity (Wildman–Crippen MR) is 95.4 cm³/mol. The van der Waals surface area contributed by atoms with Gasteiger partial charge in [-0.25, -0.2) is 0 Å². The SMILES string of the molecule is CCn1cnnc1C[C@H]1CCN(C(=O)CCc2ccc(OC)cc2)C1. The first-order valence-electron chi connectivity index (χ1n) is 8.97. The van der Waals surface area contributed by atoms with Gasteiger partial charge in [0, 0.05) is 32.5 Å². The first-order chi connectivity index (χ1) is 12.2. The Morgan fingerprint density at radius 1 is 1.32 bits per heavy atom. The molecule has 1 saturated heterocycles. The summed E-state index contributed by atoms with van der Waals surface area (Å²) in [4.78, 5) is 14.5. The lowest BCUT2D eigenvalue weighted by Gasteiger charge is -2.16. The number of carbonyl (C=O) groups is 1. The monoisotopic (exact) mass is 342 g/mol. The maximum absolute atomic E-state index is 12.5. The molecule has 0 N–H and O–H groups in total. The van der Waals surface area contributed by atoms with Crippen LogP contribution in [0.5, 0.6) is 5.75 Å². The zero-order chi connectivity index (χ0) is 17.6. The van der Waals surface area contributed by atoms with Crippen molar-refractivity contribution in [1.82, 2.24) is 19.7 Å². The Hall–Kier alpha value is -2.37. The van der Waals surface area contributed by atoms with Crippen molar-refractivity contribution in [3.05, 3.63) is 42.0 Å². The van der Waals surface area contributed by atoms with E-state index in [0.29, 0.717) is 12.3 Å². The maximum Gasteiger partial charge on any atom is 0.222 e. The van der Waals surface area contributed by atoms with Crippen LogP contribution < -0.4 is 4.74 Å². The van der Waals surface area contributed by atoms with Crippen molar-refractivity contribution in [2.45, 2.75) is 39.2 Å². The summed E-state index contributed by atoms with van der Waals surface area (Å²) >= 11 is 0. The molecule has 0 aliphatic carbocycles. The smallest absolute Gasteiger partial charge is 0.222 e. The molecule has 1 aliphatic heterocycles. The molecule has 1 fully saturated rings. The van der Waals surface area contributed by atoms with Crippen LogP contribution in [0.2, 0.25) is 0 Å². The molecule has 25 heavy (non-hydrogen) atoms. The number of hydrogen-bond donors (Lipinski definition) is 0. The first-order valence-corrected chi connectivity index (χ1v) is 8.97. The summed E-state index contributed by atoms with van der Waals surface area (Å²) in [6.45, 7) is 4.67. The first kappa shape index (κ1) is 17.5. The molecule has 0 unspecified atom stereocenters. The molecule has 0 radical (unpaired) electrons. The number of rotatable bonds is 7. The van der Waals surface area contributed by atoms with Crippen LogP contribution in [0.3, 0.4) is 0 Å². The van der Waals surface area contributed by atoms with Crippen LogP contribution in [-0.4, -0.2) is 45.8 Å². The molecule has 1 amide bonds. The fraction of sp³-hybridized carbons (Fsp3) is 0.526. The molecule has 1 aromatic heterocycles. The molecule has 1 aromatic carbocycles. The molecular formula is C19H26N4O2. The number of carbonyl (C=O) groups excluding carboxylic acids is 1. The lowest BCUT2D eigenvalue weighted by molar-refractivity contribution is -0.130. The number of methoxy groups -OCH3 is 1. The third kappa shape index (κ3) is 4.38. The fourth-order valence-corrected chi connectivity index (χ4v) is 3.39. The topological polar surface area (TPSA) is 60.2 Å². The van der Waals surface area contributed by atoms with Crippen molar-refractivity contribution < 1.29 is 9.53 Å². The third-order valence-electron chi connectivity index (χ3n) is 4.93. The molecule has 3 rings (SSSR count). The standard InChI is InChI=1S/C19H26N4O2/c1-3-22-14-20-21-18(22)12-16-10-11-23(13-16)19(24)9-6-15-4-7-17(25-2)8-5-15/h4-5,7-8,14,16H,3,6,9-13H2,1-2H3/t16-/m1/s1. The highest BCUT2D eigenvalue weighted by molar-refractivity contribution is 5.76. The van der Waals surface area contributed by atoms with E-state index in [2.05, 4.69) is 21.7 Å². The quantitative estimate of drug-likeness (QED) is 0.775. The third-order valence-corrected chi connectivity index (χ3v) is 4.93. The molecule has 0 saturated carbocycles. The van der Waals surface area contributed by atoms with E-state index in [1.54, 1.807) is 13.4 Å². The summed E-state index contributed by atoms with van der Waals surface area (Å²) in [5.41, 5.74) is 1.17. The number of hydrogen-bond acceptors (Lipinski definition) is 4. The zero-order valence-electron chi connectivity index (χ0n) is 15.0. The van der Waals surface area contributed by atoms with Gasteiger partial charge in [-0.2, -0.15) is 0 Å². The average molecular weight is 342 g/mol. The van der Waals surface area contributed by atoms with Crippen LogP contribution in [0, 0.1) is 5.92 Å². The van der Waals surface area contributed by atoms with Crippen LogP contribution in [0.25, 0.3) is 0 Å². The second kappa shape index (κ2) is 8.14. The molecule has 1 atom stereocenters. The van der Waals surface area contributed by atoms with Crippen LogP contribution in [0.1, 0.15) is 31.2 Å². The van der Waals surface area contributed by atoms with Gasteiger partial charge in [-0.3, -0.25) is 4.79 Å². The molecule has 134 valence electrons. The van der Waals surface area contributed by atoms with Crippen molar-refractivity contribution in [3.63, 3.8) is 0 Å². The highest BCUT2D eigenvalue weighted by Gasteiger charge is 2.27. The van der Waals surface area contributed by atoms with Gasteiger partial charge in [0.25, 0.3) is 0 Å². The molecule has 0 bridgehead atoms. The minimum absolute atomic E-state index is 0.246. The van der Waals surface area contributed by atoms with Gasteiger partial charge in [-0.15, -0.1) is 10.2 Å². The lowest BCUT2D eigenvalue weighted by atomic mass is 10.0. The van der Waals surface area contributed by atoms with Gasteiger partial charge >= 0.3 is 0 Å². The fourth-order valence-electron chi connectivity index (χ4n) is 3.39. The molecule has 2 heterocycles. The number of aromatic nitrogens is 3. The number of ether oxygens (including phenoxy) is 1. The molecule has 1 aliphatic rings. The van der Waals surface area contributed by atoms with E-state index in [1.807, 2.05) is 29.2 Å². The van der Waals surface area contributed by atoms with Gasteiger partial charge < -0.3 is 14.2 Å². The van der Waals surface area contributed by atoms with Gasteiger partial charge in [0.1, 0.15) is 17.9 Å². The minimum atomic E-state index is 0.246. The van der Waals surface area contributed by atoms with E-state index in [-0.39, 0.29) is 5.91 Å². The number of nitrogens with zero attached hydrogens (tertiary/aromatic N) is 4. The zero-order valence-corrected chi connectivity index (χ0v) is 15.0. The van der Waals surface area contributed by atoms with E-state index in [9.17, 15) is 4.79 Å². The number of benzene rings is 1. The normalized spacial score (nSPS) is 17.0. The second-order valence-electron chi connectivity index (χ2n) is 6.58. The minimum Gasteiger partial charge on any atom is -0.497 e. The summed E-state index contributed by atoms with van der Waals surface area (Å²) < 4.78 is 7.24. The largest absolute Gasteiger partial charge is 0.497 e. The highest BCUT2D eigenvalue weighted by atomic mass is 16.5. The Labute approximate surface area is 148 Å². The Kier molecular flexibility index (Phi) is 5.68. The molecular weight excluding hydrogens is 316 g/mol. The number of amides is 1. The Bertz CT molecular complexity index is 696. The summed E-state index contributed by atoms with van der Waals surface area (Å²) in [6.07, 6.45) is 5.06. The summed E-state index contributed by atoms with van der Waals surface area (Å²) in [7, 11) is 1.66. The van der Waals surface area contributed by atoms with Crippen molar-refractivity contribution in [1.29, 1.82) is 0 Å². The van der Waals surface area contributed by atoms with Crippen LogP contribution >= 0.6 is 0 Å². The van der Waals surface area contributed by atoms with Gasteiger partial charge in [-0.1, -0.05) is 12.1 Å². The maximum atomic E-state index is 12.5. The van der Waals surface area contributed by atoms with E-state index in [0.717, 1.165) is 50.5 Å². The highest BCUT2D eigenvalue weighted by Crippen LogP contribution is 2.21. The Morgan fingerprint density at radius 2 is 2.12 bits per heavy atom. The number of aryl methyl sites for hydroxylation is 2. The molecule has 6 nitrogen and oxygen atoms in total. The van der Waals surface area contributed by atoms with Crippen LogP contribution in [0.4, 0.5) is 0 Å². The van der Waals surface area contributed by atoms with E-state index in [1.165, 1.54) is 5.56 Å². The van der Waals surface area contributed by atoms with Crippen LogP contribution in [-0.2, 0) is 24.2 Å². The second-order valence-corrected chi connectivity index (χ2v) is 6.58. The van der Waals surface area contributed by atoms with Crippen molar-refractivity contribution in [3.8, 4) is 5.75 Å². The molecule has 2 aromatic rings.